The number of aromatic amines is 1. The highest BCUT2D eigenvalue weighted by atomic mass is 31.1. The number of carbonyl (C=O) groups excluding carboxylic acids is 2. The van der Waals surface area contributed by atoms with Crippen LogP contribution in [-0.2, 0) is 30.2 Å². The van der Waals surface area contributed by atoms with Crippen molar-refractivity contribution < 1.29 is 23.6 Å². The molecule has 0 saturated heterocycles. The summed E-state index contributed by atoms with van der Waals surface area (Å²) in [5.74, 6) is -1.27. The highest BCUT2D eigenvalue weighted by Gasteiger charge is 2.33. The van der Waals surface area contributed by atoms with Crippen LogP contribution in [0.4, 0.5) is 0 Å². The van der Waals surface area contributed by atoms with Gasteiger partial charge in [-0.3, -0.25) is 23.9 Å². The van der Waals surface area contributed by atoms with Gasteiger partial charge >= 0.3 is 17.6 Å². The first-order chi connectivity index (χ1) is 13.2. The van der Waals surface area contributed by atoms with Crippen molar-refractivity contribution in [2.75, 3.05) is 6.16 Å². The summed E-state index contributed by atoms with van der Waals surface area (Å²) in [6, 6.07) is -0.259. The number of aromatic nitrogens is 2. The zero-order valence-electron chi connectivity index (χ0n) is 17.6. The number of nitrogens with zero attached hydrogens (tertiary/aromatic N) is 1. The number of esters is 2. The molecule has 1 rings (SSSR count). The molecule has 0 aliphatic rings. The average molecular weight is 428 g/mol. The summed E-state index contributed by atoms with van der Waals surface area (Å²) in [6.45, 7) is 9.97. The average Bonchev–Trinajstić information content (AvgIpc) is 2.57. The van der Waals surface area contributed by atoms with Crippen LogP contribution in [0.25, 0.3) is 0 Å². The zero-order valence-corrected chi connectivity index (χ0v) is 18.6. The Morgan fingerprint density at radius 2 is 1.59 bits per heavy atom. The second-order valence-electron chi connectivity index (χ2n) is 8.55. The number of H-pyrrole nitrogens is 1. The summed E-state index contributed by atoms with van der Waals surface area (Å²) >= 11 is 0. The Hall–Kier alpha value is -2.41. The first-order valence-corrected chi connectivity index (χ1v) is 10.8. The van der Waals surface area contributed by atoms with Crippen molar-refractivity contribution in [2.45, 2.75) is 54.1 Å². The van der Waals surface area contributed by atoms with Gasteiger partial charge in [-0.15, -0.1) is 0 Å². The minimum Gasteiger partial charge on any atom is -0.418 e. The predicted octanol–water partition coefficient (Wildman–Crippen LogP) is 2.11. The fourth-order valence-electron chi connectivity index (χ4n) is 1.78. The molecule has 162 valence electrons. The largest absolute Gasteiger partial charge is 0.418 e. The number of hydrogen-bond donors (Lipinski definition) is 1. The van der Waals surface area contributed by atoms with Gasteiger partial charge in [-0.05, 0) is 41.5 Å². The lowest BCUT2D eigenvalue weighted by Gasteiger charge is -2.25. The molecule has 0 radical (unpaired) electrons. The summed E-state index contributed by atoms with van der Waals surface area (Å²) in [7, 11) is -2.68. The van der Waals surface area contributed by atoms with E-state index in [2.05, 4.69) is 4.98 Å². The predicted molar refractivity (Wildman–Crippen MR) is 109 cm³/mol. The van der Waals surface area contributed by atoms with E-state index in [-0.39, 0.29) is 12.7 Å². The Kier molecular flexibility index (Phi) is 8.38. The van der Waals surface area contributed by atoms with Crippen molar-refractivity contribution in [3.8, 4) is 0 Å². The van der Waals surface area contributed by atoms with Crippen molar-refractivity contribution in [1.82, 2.24) is 9.55 Å². The second-order valence-corrected chi connectivity index (χ2v) is 10.4. The summed E-state index contributed by atoms with van der Waals surface area (Å²) in [6.07, 6.45) is 4.47. The van der Waals surface area contributed by atoms with Gasteiger partial charge in [0, 0.05) is 25.0 Å². The molecule has 1 unspecified atom stereocenters. The zero-order chi connectivity index (χ0) is 22.4. The molecule has 0 fully saturated rings. The van der Waals surface area contributed by atoms with Gasteiger partial charge < -0.3 is 14.0 Å². The van der Waals surface area contributed by atoms with Gasteiger partial charge in [0.1, 0.15) is 0 Å². The van der Waals surface area contributed by atoms with Crippen LogP contribution in [0.1, 0.15) is 41.5 Å². The molecule has 1 aromatic rings. The standard InChI is InChI=1S/C19H29N2O7P/c1-18(2,3)14(23)27-17(28-15(24)19(4,5)6)29(26)12-8-7-10-21-11-9-13(22)20-16(21)25/h7-9,11,17,29H,10,12H2,1-6H3,(H,20,22,25). The SMILES string of the molecule is CC(C)(C)C(=O)OC(OC(=O)C(C)(C)C)[PH](=O)CC=CCn1ccc(=O)[nH]c1=O. The van der Waals surface area contributed by atoms with Gasteiger partial charge in [-0.25, -0.2) is 4.79 Å². The van der Waals surface area contributed by atoms with Crippen molar-refractivity contribution in [3.05, 3.63) is 45.3 Å². The first kappa shape index (κ1) is 24.6. The number of rotatable bonds is 7. The van der Waals surface area contributed by atoms with Crippen LogP contribution in [0, 0.1) is 10.8 Å². The van der Waals surface area contributed by atoms with Crippen molar-refractivity contribution in [3.63, 3.8) is 0 Å². The maximum atomic E-state index is 12.7. The molecular formula is C19H29N2O7P. The molecule has 1 aromatic heterocycles. The molecular weight excluding hydrogens is 399 g/mol. The lowest BCUT2D eigenvalue weighted by Crippen LogP contribution is -2.33. The van der Waals surface area contributed by atoms with E-state index >= 15 is 0 Å². The van der Waals surface area contributed by atoms with Gasteiger partial charge in [0.2, 0.25) is 0 Å². The molecule has 10 heteroatoms. The van der Waals surface area contributed by atoms with E-state index in [4.69, 9.17) is 9.47 Å². The summed E-state index contributed by atoms with van der Waals surface area (Å²) in [5.41, 5.74) is -2.76. The van der Waals surface area contributed by atoms with Crippen LogP contribution in [-0.4, -0.2) is 33.7 Å². The fraction of sp³-hybridized carbons (Fsp3) is 0.579. The second kappa shape index (κ2) is 9.87. The van der Waals surface area contributed by atoms with Crippen molar-refractivity contribution in [2.24, 2.45) is 10.8 Å². The molecule has 0 aromatic carbocycles. The summed E-state index contributed by atoms with van der Waals surface area (Å²) in [5, 5.41) is 0. The molecule has 9 nitrogen and oxygen atoms in total. The molecule has 0 aliphatic heterocycles. The number of nitrogens with one attached hydrogen (secondary N) is 1. The van der Waals surface area contributed by atoms with E-state index in [0.29, 0.717) is 0 Å². The van der Waals surface area contributed by atoms with E-state index < -0.39 is 47.8 Å². The topological polar surface area (TPSA) is 125 Å². The van der Waals surface area contributed by atoms with Crippen molar-refractivity contribution in [1.29, 1.82) is 0 Å². The Labute approximate surface area is 169 Å². The fourth-order valence-corrected chi connectivity index (χ4v) is 2.84. The quantitative estimate of drug-likeness (QED) is 0.305. The lowest BCUT2D eigenvalue weighted by atomic mass is 9.97. The van der Waals surface area contributed by atoms with Crippen LogP contribution in [0.3, 0.4) is 0 Å². The molecule has 0 spiro atoms. The molecule has 1 atom stereocenters. The highest BCUT2D eigenvalue weighted by molar-refractivity contribution is 7.45. The third-order valence-electron chi connectivity index (χ3n) is 3.60. The van der Waals surface area contributed by atoms with Crippen LogP contribution >= 0.6 is 7.80 Å². The van der Waals surface area contributed by atoms with E-state index in [9.17, 15) is 23.7 Å². The number of hydrogen-bond acceptors (Lipinski definition) is 7. The maximum Gasteiger partial charge on any atom is 0.328 e. The van der Waals surface area contributed by atoms with E-state index in [1.165, 1.54) is 16.8 Å². The molecule has 0 aliphatic carbocycles. The minimum atomic E-state index is -2.68. The smallest absolute Gasteiger partial charge is 0.328 e. The normalized spacial score (nSPS) is 13.5. The van der Waals surface area contributed by atoms with Crippen LogP contribution < -0.4 is 11.2 Å². The van der Waals surface area contributed by atoms with Gasteiger partial charge in [-0.1, -0.05) is 12.2 Å². The molecule has 1 heterocycles. The first-order valence-electron chi connectivity index (χ1n) is 9.11. The summed E-state index contributed by atoms with van der Waals surface area (Å²) in [4.78, 5) is 49.1. The van der Waals surface area contributed by atoms with E-state index in [1.54, 1.807) is 53.7 Å². The van der Waals surface area contributed by atoms with Crippen LogP contribution in [0.5, 0.6) is 0 Å². The number of carbonyl (C=O) groups is 2. The van der Waals surface area contributed by atoms with Crippen LogP contribution in [0.2, 0.25) is 0 Å². The molecule has 29 heavy (non-hydrogen) atoms. The van der Waals surface area contributed by atoms with E-state index in [0.717, 1.165) is 0 Å². The Balaban J connectivity index is 2.84. The molecule has 1 N–H and O–H groups in total. The minimum absolute atomic E-state index is 0.00226. The Morgan fingerprint density at radius 3 is 2.03 bits per heavy atom. The molecule has 0 bridgehead atoms. The lowest BCUT2D eigenvalue weighted by molar-refractivity contribution is -0.184. The highest BCUT2D eigenvalue weighted by Crippen LogP contribution is 2.34. The van der Waals surface area contributed by atoms with Gasteiger partial charge in [0.05, 0.1) is 10.8 Å². The Bertz CT molecular complexity index is 873. The van der Waals surface area contributed by atoms with Gasteiger partial charge in [-0.2, -0.15) is 0 Å². The Morgan fingerprint density at radius 1 is 1.07 bits per heavy atom. The summed E-state index contributed by atoms with van der Waals surface area (Å²) < 4.78 is 24.3. The number of allylic oxidation sites excluding steroid dienone is 2. The number of ether oxygens (including phenoxy) is 2. The monoisotopic (exact) mass is 428 g/mol. The van der Waals surface area contributed by atoms with Crippen LogP contribution in [0.15, 0.2) is 34.0 Å². The van der Waals surface area contributed by atoms with E-state index in [1.807, 2.05) is 0 Å². The molecule has 0 amide bonds. The molecule has 0 saturated carbocycles. The maximum absolute atomic E-state index is 12.7. The third-order valence-corrected chi connectivity index (χ3v) is 5.00. The van der Waals surface area contributed by atoms with Crippen molar-refractivity contribution >= 4 is 19.7 Å². The van der Waals surface area contributed by atoms with Gasteiger partial charge in [0.15, 0.2) is 7.80 Å². The third kappa shape index (κ3) is 8.23. The van der Waals surface area contributed by atoms with Gasteiger partial charge in [0.25, 0.3) is 11.6 Å².